The number of hydrogen-bond donors (Lipinski definition) is 1. The van der Waals surface area contributed by atoms with Crippen LogP contribution < -0.4 is 5.73 Å². The fourth-order valence-corrected chi connectivity index (χ4v) is 2.54. The Bertz CT molecular complexity index is 547. The molecular formula is C16H19NO. The molecule has 0 bridgehead atoms. The van der Waals surface area contributed by atoms with Gasteiger partial charge in [0.1, 0.15) is 11.5 Å². The summed E-state index contributed by atoms with van der Waals surface area (Å²) in [6.07, 6.45) is 2.29. The Kier molecular flexibility index (Phi) is 2.56. The van der Waals surface area contributed by atoms with Crippen LogP contribution in [0.4, 0.5) is 0 Å². The van der Waals surface area contributed by atoms with Crippen LogP contribution in [0.1, 0.15) is 31.1 Å². The molecule has 0 amide bonds. The van der Waals surface area contributed by atoms with Crippen LogP contribution in [-0.4, -0.2) is 6.04 Å². The molecule has 1 aliphatic carbocycles. The summed E-state index contributed by atoms with van der Waals surface area (Å²) in [5, 5.41) is 0. The van der Waals surface area contributed by atoms with Crippen LogP contribution in [0, 0.1) is 6.92 Å². The average molecular weight is 241 g/mol. The van der Waals surface area contributed by atoms with E-state index < -0.39 is 0 Å². The first kappa shape index (κ1) is 11.5. The third-order valence-electron chi connectivity index (χ3n) is 4.09. The molecule has 1 aromatic heterocycles. The summed E-state index contributed by atoms with van der Waals surface area (Å²) in [4.78, 5) is 0. The molecule has 0 saturated heterocycles. The van der Waals surface area contributed by atoms with Crippen molar-refractivity contribution in [2.75, 3.05) is 0 Å². The fourth-order valence-electron chi connectivity index (χ4n) is 2.54. The third kappa shape index (κ3) is 1.77. The molecule has 0 aliphatic heterocycles. The number of furan rings is 1. The van der Waals surface area contributed by atoms with Crippen LogP contribution in [0.2, 0.25) is 0 Å². The average Bonchev–Trinajstić information content (AvgIpc) is 3.03. The SMILES string of the molecule is Cc1ccc(-c2ccc(C3(C(C)N)CC3)o2)cc1. The predicted molar refractivity (Wildman–Crippen MR) is 73.4 cm³/mol. The normalized spacial score (nSPS) is 18.6. The van der Waals surface area contributed by atoms with Crippen molar-refractivity contribution in [1.82, 2.24) is 0 Å². The van der Waals surface area contributed by atoms with Crippen molar-refractivity contribution in [2.45, 2.75) is 38.1 Å². The van der Waals surface area contributed by atoms with Gasteiger partial charge < -0.3 is 10.2 Å². The molecule has 18 heavy (non-hydrogen) atoms. The molecule has 1 unspecified atom stereocenters. The summed E-state index contributed by atoms with van der Waals surface area (Å²) in [6.45, 7) is 4.16. The van der Waals surface area contributed by atoms with Gasteiger partial charge in [-0.1, -0.05) is 29.8 Å². The number of rotatable bonds is 3. The van der Waals surface area contributed by atoms with E-state index in [1.165, 1.54) is 5.56 Å². The first-order valence-corrected chi connectivity index (χ1v) is 6.55. The monoisotopic (exact) mass is 241 g/mol. The molecule has 2 aromatic rings. The van der Waals surface area contributed by atoms with Gasteiger partial charge in [0.2, 0.25) is 0 Å². The molecule has 3 rings (SSSR count). The number of aryl methyl sites for hydroxylation is 1. The summed E-state index contributed by atoms with van der Waals surface area (Å²) in [5.74, 6) is 1.99. The molecule has 94 valence electrons. The highest BCUT2D eigenvalue weighted by Crippen LogP contribution is 2.51. The molecule has 1 saturated carbocycles. The molecular weight excluding hydrogens is 222 g/mol. The summed E-state index contributed by atoms with van der Waals surface area (Å²) < 4.78 is 6.02. The molecule has 0 radical (unpaired) electrons. The molecule has 1 fully saturated rings. The van der Waals surface area contributed by atoms with Gasteiger partial charge in [-0.2, -0.15) is 0 Å². The summed E-state index contributed by atoms with van der Waals surface area (Å²) >= 11 is 0. The molecule has 2 nitrogen and oxygen atoms in total. The second kappa shape index (κ2) is 3.99. The van der Waals surface area contributed by atoms with E-state index in [-0.39, 0.29) is 11.5 Å². The molecule has 1 aromatic carbocycles. The topological polar surface area (TPSA) is 39.2 Å². The van der Waals surface area contributed by atoms with E-state index in [2.05, 4.69) is 50.2 Å². The Morgan fingerprint density at radius 2 is 1.78 bits per heavy atom. The maximum Gasteiger partial charge on any atom is 0.134 e. The zero-order chi connectivity index (χ0) is 12.8. The maximum atomic E-state index is 6.07. The van der Waals surface area contributed by atoms with Crippen LogP contribution >= 0.6 is 0 Å². The van der Waals surface area contributed by atoms with E-state index in [0.29, 0.717) is 0 Å². The summed E-state index contributed by atoms with van der Waals surface area (Å²) in [6, 6.07) is 12.7. The second-order valence-electron chi connectivity index (χ2n) is 5.47. The van der Waals surface area contributed by atoms with Crippen molar-refractivity contribution in [3.05, 3.63) is 47.7 Å². The Hall–Kier alpha value is -1.54. The van der Waals surface area contributed by atoms with Crippen LogP contribution in [0.25, 0.3) is 11.3 Å². The fraction of sp³-hybridized carbons (Fsp3) is 0.375. The number of nitrogens with two attached hydrogens (primary N) is 1. The van der Waals surface area contributed by atoms with Gasteiger partial charge in [0.15, 0.2) is 0 Å². The van der Waals surface area contributed by atoms with Gasteiger partial charge in [-0.3, -0.25) is 0 Å². The molecule has 1 atom stereocenters. The second-order valence-corrected chi connectivity index (χ2v) is 5.47. The van der Waals surface area contributed by atoms with E-state index in [4.69, 9.17) is 10.2 Å². The lowest BCUT2D eigenvalue weighted by Gasteiger charge is -2.16. The van der Waals surface area contributed by atoms with E-state index in [9.17, 15) is 0 Å². The van der Waals surface area contributed by atoms with Gasteiger partial charge in [-0.25, -0.2) is 0 Å². The largest absolute Gasteiger partial charge is 0.460 e. The van der Waals surface area contributed by atoms with E-state index in [1.54, 1.807) is 0 Å². The van der Waals surface area contributed by atoms with E-state index >= 15 is 0 Å². The Morgan fingerprint density at radius 3 is 2.33 bits per heavy atom. The van der Waals surface area contributed by atoms with Crippen LogP contribution in [0.5, 0.6) is 0 Å². The minimum Gasteiger partial charge on any atom is -0.460 e. The maximum absolute atomic E-state index is 6.07. The lowest BCUT2D eigenvalue weighted by molar-refractivity contribution is 0.421. The smallest absolute Gasteiger partial charge is 0.134 e. The summed E-state index contributed by atoms with van der Waals surface area (Å²) in [7, 11) is 0. The molecule has 1 heterocycles. The minimum absolute atomic E-state index is 0.100. The minimum atomic E-state index is 0.100. The van der Waals surface area contributed by atoms with E-state index in [0.717, 1.165) is 29.9 Å². The molecule has 0 spiro atoms. The third-order valence-corrected chi connectivity index (χ3v) is 4.09. The van der Waals surface area contributed by atoms with Gasteiger partial charge in [0, 0.05) is 17.0 Å². The van der Waals surface area contributed by atoms with Crippen LogP contribution in [0.3, 0.4) is 0 Å². The summed E-state index contributed by atoms with van der Waals surface area (Å²) in [5.41, 5.74) is 8.57. The Morgan fingerprint density at radius 1 is 1.11 bits per heavy atom. The molecule has 1 aliphatic rings. The van der Waals surface area contributed by atoms with Crippen molar-refractivity contribution in [1.29, 1.82) is 0 Å². The molecule has 2 heteroatoms. The van der Waals surface area contributed by atoms with Crippen molar-refractivity contribution in [2.24, 2.45) is 5.73 Å². The predicted octanol–water partition coefficient (Wildman–Crippen LogP) is 3.63. The first-order chi connectivity index (χ1) is 8.62. The first-order valence-electron chi connectivity index (χ1n) is 6.55. The van der Waals surface area contributed by atoms with E-state index in [1.807, 2.05) is 0 Å². The lowest BCUT2D eigenvalue weighted by atomic mass is 9.96. The van der Waals surface area contributed by atoms with Gasteiger partial charge in [0.25, 0.3) is 0 Å². The van der Waals surface area contributed by atoms with Crippen molar-refractivity contribution in [3.8, 4) is 11.3 Å². The zero-order valence-electron chi connectivity index (χ0n) is 10.9. The zero-order valence-corrected chi connectivity index (χ0v) is 10.9. The highest BCUT2D eigenvalue weighted by Gasteiger charge is 2.50. The quantitative estimate of drug-likeness (QED) is 0.891. The molecule has 2 N–H and O–H groups in total. The standard InChI is InChI=1S/C16H19NO/c1-11-3-5-13(6-4-11)14-7-8-15(18-14)16(9-10-16)12(2)17/h3-8,12H,9-10,17H2,1-2H3. The van der Waals surface area contributed by atoms with Gasteiger partial charge in [-0.05, 0) is 38.8 Å². The Balaban J connectivity index is 1.92. The lowest BCUT2D eigenvalue weighted by Crippen LogP contribution is -2.31. The van der Waals surface area contributed by atoms with Gasteiger partial charge in [-0.15, -0.1) is 0 Å². The van der Waals surface area contributed by atoms with Crippen molar-refractivity contribution >= 4 is 0 Å². The Labute approximate surface area is 108 Å². The van der Waals surface area contributed by atoms with Crippen LogP contribution in [0.15, 0.2) is 40.8 Å². The van der Waals surface area contributed by atoms with Gasteiger partial charge >= 0.3 is 0 Å². The van der Waals surface area contributed by atoms with Gasteiger partial charge in [0.05, 0.1) is 0 Å². The number of benzene rings is 1. The highest BCUT2D eigenvalue weighted by atomic mass is 16.3. The van der Waals surface area contributed by atoms with Crippen molar-refractivity contribution in [3.63, 3.8) is 0 Å². The van der Waals surface area contributed by atoms with Crippen LogP contribution in [-0.2, 0) is 5.41 Å². The highest BCUT2D eigenvalue weighted by molar-refractivity contribution is 5.58. The number of hydrogen-bond acceptors (Lipinski definition) is 2. The van der Waals surface area contributed by atoms with Crippen molar-refractivity contribution < 1.29 is 4.42 Å².